The zero-order valence-corrected chi connectivity index (χ0v) is 16.1. The van der Waals surface area contributed by atoms with E-state index in [2.05, 4.69) is 46.7 Å². The summed E-state index contributed by atoms with van der Waals surface area (Å²) in [6, 6.07) is 9.18. The lowest BCUT2D eigenvalue weighted by Gasteiger charge is -2.27. The van der Waals surface area contributed by atoms with E-state index in [9.17, 15) is 4.79 Å². The first-order valence-electron chi connectivity index (χ1n) is 9.52. The molecule has 1 aromatic rings. The van der Waals surface area contributed by atoms with Gasteiger partial charge in [0.05, 0.1) is 0 Å². The summed E-state index contributed by atoms with van der Waals surface area (Å²) in [6.07, 6.45) is 5.94. The molecule has 2 heterocycles. The fraction of sp³-hybridized carbons (Fsp3) is 0.650. The first kappa shape index (κ1) is 20.2. The molecular weight excluding hydrogens is 334 g/mol. The Kier molecular flexibility index (Phi) is 8.20. The number of nitrogens with one attached hydrogen (secondary N) is 2. The van der Waals surface area contributed by atoms with Gasteiger partial charge in [-0.25, -0.2) is 0 Å². The van der Waals surface area contributed by atoms with Gasteiger partial charge in [-0.05, 0) is 63.4 Å². The lowest BCUT2D eigenvalue weighted by Crippen LogP contribution is -2.42. The van der Waals surface area contributed by atoms with E-state index in [4.69, 9.17) is 0 Å². The quantitative estimate of drug-likeness (QED) is 0.842. The molecule has 2 fully saturated rings. The first-order chi connectivity index (χ1) is 11.7. The highest BCUT2D eigenvalue weighted by molar-refractivity contribution is 5.85. The predicted octanol–water partition coefficient (Wildman–Crippen LogP) is 3.10. The van der Waals surface area contributed by atoms with E-state index in [1.807, 2.05) is 0 Å². The summed E-state index contributed by atoms with van der Waals surface area (Å²) < 4.78 is 0. The van der Waals surface area contributed by atoms with Gasteiger partial charge in [-0.2, -0.15) is 0 Å². The van der Waals surface area contributed by atoms with Crippen molar-refractivity contribution in [2.75, 3.05) is 19.6 Å². The van der Waals surface area contributed by atoms with Crippen molar-refractivity contribution in [2.45, 2.75) is 58.2 Å². The molecule has 25 heavy (non-hydrogen) atoms. The van der Waals surface area contributed by atoms with Crippen LogP contribution in [0.5, 0.6) is 0 Å². The summed E-state index contributed by atoms with van der Waals surface area (Å²) in [5.41, 5.74) is 2.56. The molecule has 0 aromatic heterocycles. The van der Waals surface area contributed by atoms with Crippen molar-refractivity contribution < 1.29 is 4.79 Å². The second-order valence-electron chi connectivity index (χ2n) is 7.45. The molecule has 0 bridgehead atoms. The van der Waals surface area contributed by atoms with Crippen LogP contribution in [0.15, 0.2) is 24.3 Å². The minimum Gasteiger partial charge on any atom is -0.352 e. The van der Waals surface area contributed by atoms with E-state index in [1.165, 1.54) is 43.5 Å². The van der Waals surface area contributed by atoms with Crippen LogP contribution in [0.1, 0.15) is 50.2 Å². The van der Waals surface area contributed by atoms with Gasteiger partial charge in [0, 0.05) is 25.0 Å². The topological polar surface area (TPSA) is 44.4 Å². The van der Waals surface area contributed by atoms with Crippen molar-refractivity contribution in [2.24, 2.45) is 5.92 Å². The van der Waals surface area contributed by atoms with Gasteiger partial charge in [-0.1, -0.05) is 30.7 Å². The average Bonchev–Trinajstić information content (AvgIpc) is 2.62. The lowest BCUT2D eigenvalue weighted by atomic mass is 9.92. The number of piperidine rings is 2. The Bertz CT molecular complexity index is 528. The van der Waals surface area contributed by atoms with Crippen LogP contribution in [0, 0.1) is 5.92 Å². The molecular formula is C20H32ClN3O. The minimum atomic E-state index is 0. The molecule has 0 unspecified atom stereocenters. The highest BCUT2D eigenvalue weighted by Gasteiger charge is 2.24. The lowest BCUT2D eigenvalue weighted by molar-refractivity contribution is -0.126. The highest BCUT2D eigenvalue weighted by atomic mass is 35.5. The zero-order chi connectivity index (χ0) is 16.8. The third-order valence-corrected chi connectivity index (χ3v) is 5.34. The maximum absolute atomic E-state index is 12.3. The highest BCUT2D eigenvalue weighted by Crippen LogP contribution is 2.17. The molecule has 140 valence electrons. The maximum atomic E-state index is 12.3. The van der Waals surface area contributed by atoms with E-state index in [-0.39, 0.29) is 24.2 Å². The molecule has 0 spiro atoms. The summed E-state index contributed by atoms with van der Waals surface area (Å²) in [7, 11) is 0. The van der Waals surface area contributed by atoms with Crippen molar-refractivity contribution >= 4 is 18.3 Å². The van der Waals surface area contributed by atoms with E-state index in [0.717, 1.165) is 25.9 Å². The number of halogens is 1. The fourth-order valence-corrected chi connectivity index (χ4v) is 3.84. The predicted molar refractivity (Wildman–Crippen MR) is 105 cm³/mol. The molecule has 5 heteroatoms. The van der Waals surface area contributed by atoms with E-state index < -0.39 is 0 Å². The molecule has 1 amide bonds. The SMILES string of the molecule is C[C@H]1C[C@@H](C(=O)NCc2ccc(CN3CCCCC3)cc2)CCN1.Cl. The summed E-state index contributed by atoms with van der Waals surface area (Å²) in [5.74, 6) is 0.375. The Hall–Kier alpha value is -1.10. The largest absolute Gasteiger partial charge is 0.352 e. The number of nitrogens with zero attached hydrogens (tertiary/aromatic N) is 1. The normalized spacial score (nSPS) is 24.4. The number of amides is 1. The molecule has 0 radical (unpaired) electrons. The first-order valence-corrected chi connectivity index (χ1v) is 9.52. The molecule has 0 aliphatic carbocycles. The van der Waals surface area contributed by atoms with E-state index in [0.29, 0.717) is 12.6 Å². The van der Waals surface area contributed by atoms with E-state index >= 15 is 0 Å². The fourth-order valence-electron chi connectivity index (χ4n) is 3.84. The van der Waals surface area contributed by atoms with Crippen molar-refractivity contribution in [1.29, 1.82) is 0 Å². The van der Waals surface area contributed by atoms with Gasteiger partial charge >= 0.3 is 0 Å². The van der Waals surface area contributed by atoms with Gasteiger partial charge < -0.3 is 10.6 Å². The number of rotatable bonds is 5. The number of benzene rings is 1. The van der Waals surface area contributed by atoms with Crippen LogP contribution in [0.2, 0.25) is 0 Å². The Morgan fingerprint density at radius 3 is 2.52 bits per heavy atom. The Morgan fingerprint density at radius 2 is 1.84 bits per heavy atom. The molecule has 2 aliphatic rings. The van der Waals surface area contributed by atoms with Gasteiger partial charge in [0.15, 0.2) is 0 Å². The summed E-state index contributed by atoms with van der Waals surface area (Å²) >= 11 is 0. The number of carbonyl (C=O) groups is 1. The van der Waals surface area contributed by atoms with Crippen LogP contribution in [0.3, 0.4) is 0 Å². The molecule has 2 saturated heterocycles. The second kappa shape index (κ2) is 10.1. The number of likely N-dealkylation sites (tertiary alicyclic amines) is 1. The minimum absolute atomic E-state index is 0. The Labute approximate surface area is 158 Å². The summed E-state index contributed by atoms with van der Waals surface area (Å²) in [6.45, 7) is 7.25. The van der Waals surface area contributed by atoms with Gasteiger partial charge in [0.25, 0.3) is 0 Å². The Balaban J connectivity index is 0.00000225. The molecule has 2 N–H and O–H groups in total. The van der Waals surface area contributed by atoms with Crippen molar-refractivity contribution in [3.8, 4) is 0 Å². The average molecular weight is 366 g/mol. The van der Waals surface area contributed by atoms with Gasteiger partial charge in [0.2, 0.25) is 5.91 Å². The van der Waals surface area contributed by atoms with E-state index in [1.54, 1.807) is 0 Å². The molecule has 1 aromatic carbocycles. The monoisotopic (exact) mass is 365 g/mol. The standard InChI is InChI=1S/C20H31N3O.ClH/c1-16-13-19(9-10-21-16)20(24)22-14-17-5-7-18(8-6-17)15-23-11-3-2-4-12-23;/h5-8,16,19,21H,2-4,9-15H2,1H3,(H,22,24);1H/t16-,19-;/m0./s1. The number of hydrogen-bond donors (Lipinski definition) is 2. The molecule has 3 rings (SSSR count). The smallest absolute Gasteiger partial charge is 0.223 e. The number of carbonyl (C=O) groups excluding carboxylic acids is 1. The molecule has 2 atom stereocenters. The molecule has 4 nitrogen and oxygen atoms in total. The van der Waals surface area contributed by atoms with Crippen LogP contribution in [0.4, 0.5) is 0 Å². The summed E-state index contributed by atoms with van der Waals surface area (Å²) in [5, 5.41) is 6.51. The van der Waals surface area contributed by atoms with Crippen LogP contribution in [0.25, 0.3) is 0 Å². The van der Waals surface area contributed by atoms with Gasteiger partial charge in [-0.15, -0.1) is 12.4 Å². The van der Waals surface area contributed by atoms with Crippen LogP contribution in [-0.4, -0.2) is 36.5 Å². The van der Waals surface area contributed by atoms with Crippen LogP contribution >= 0.6 is 12.4 Å². The maximum Gasteiger partial charge on any atom is 0.223 e. The molecule has 2 aliphatic heterocycles. The third kappa shape index (κ3) is 6.28. The van der Waals surface area contributed by atoms with Crippen LogP contribution < -0.4 is 10.6 Å². The third-order valence-electron chi connectivity index (χ3n) is 5.34. The van der Waals surface area contributed by atoms with Gasteiger partial charge in [0.1, 0.15) is 0 Å². The van der Waals surface area contributed by atoms with Crippen molar-refractivity contribution in [3.05, 3.63) is 35.4 Å². The number of hydrogen-bond acceptors (Lipinski definition) is 3. The van der Waals surface area contributed by atoms with Crippen LogP contribution in [-0.2, 0) is 17.9 Å². The zero-order valence-electron chi connectivity index (χ0n) is 15.3. The summed E-state index contributed by atoms with van der Waals surface area (Å²) in [4.78, 5) is 14.8. The van der Waals surface area contributed by atoms with Gasteiger partial charge in [-0.3, -0.25) is 9.69 Å². The van der Waals surface area contributed by atoms with Crippen molar-refractivity contribution in [1.82, 2.24) is 15.5 Å². The molecule has 0 saturated carbocycles. The second-order valence-corrected chi connectivity index (χ2v) is 7.45. The van der Waals surface area contributed by atoms with Crippen molar-refractivity contribution in [3.63, 3.8) is 0 Å². The Morgan fingerprint density at radius 1 is 1.16 bits per heavy atom.